The van der Waals surface area contributed by atoms with Gasteiger partial charge in [0.25, 0.3) is 0 Å². The van der Waals surface area contributed by atoms with Gasteiger partial charge in [-0.2, -0.15) is 4.13 Å². The van der Waals surface area contributed by atoms with E-state index in [1.165, 1.54) is 12.1 Å². The zero-order valence-electron chi connectivity index (χ0n) is 3.38. The van der Waals surface area contributed by atoms with E-state index in [1.807, 2.05) is 11.6 Å². The summed E-state index contributed by atoms with van der Waals surface area (Å²) in [5.74, 6) is 0. The van der Waals surface area contributed by atoms with Crippen molar-refractivity contribution in [2.75, 3.05) is 0 Å². The van der Waals surface area contributed by atoms with E-state index in [9.17, 15) is 0 Å². The van der Waals surface area contributed by atoms with Gasteiger partial charge in [-0.1, -0.05) is 0 Å². The fourth-order valence-corrected chi connectivity index (χ4v) is 2.06. The van der Waals surface area contributed by atoms with E-state index in [-0.39, 0.29) is 0 Å². The summed E-state index contributed by atoms with van der Waals surface area (Å²) < 4.78 is 5.90. The van der Waals surface area contributed by atoms with E-state index < -0.39 is 0 Å². The second-order valence-electron chi connectivity index (χ2n) is 0.786. The molecule has 1 aliphatic heterocycles. The molecule has 0 atom stereocenters. The van der Waals surface area contributed by atoms with Gasteiger partial charge in [-0.15, -0.1) is 0 Å². The van der Waals surface area contributed by atoms with Crippen LogP contribution in [-0.4, -0.2) is 0 Å². The lowest BCUT2D eigenvalue weighted by molar-refractivity contribution is 1.41. The normalized spacial score (nSPS) is 20.6. The first-order valence-electron chi connectivity index (χ1n) is 1.64. The van der Waals surface area contributed by atoms with Crippen LogP contribution in [0.2, 0.25) is 0 Å². The van der Waals surface area contributed by atoms with Crippen molar-refractivity contribution in [2.45, 2.75) is 0 Å². The Morgan fingerprint density at radius 1 is 1.43 bits per heavy atom. The summed E-state index contributed by atoms with van der Waals surface area (Å²) in [6.45, 7) is 0. The van der Waals surface area contributed by atoms with Gasteiger partial charge in [0.05, 0.1) is 0 Å². The molecule has 0 aromatic rings. The summed E-state index contributed by atoms with van der Waals surface area (Å²) in [5, 5.41) is 1.98. The molecular formula is C2H4N2S3. The van der Waals surface area contributed by atoms with Gasteiger partial charge < -0.3 is 4.72 Å². The maximum atomic E-state index is 2.97. The predicted octanol–water partition coefficient (Wildman–Crippen LogP) is 1.51. The van der Waals surface area contributed by atoms with E-state index in [4.69, 9.17) is 0 Å². The Morgan fingerprint density at radius 3 is 3.43 bits per heavy atom. The van der Waals surface area contributed by atoms with E-state index in [2.05, 4.69) is 8.85 Å². The Hall–Kier alpha value is 0.550. The molecule has 40 valence electrons. The highest BCUT2D eigenvalue weighted by atomic mass is 33.1. The average Bonchev–Trinajstić information content (AvgIpc) is 1.90. The van der Waals surface area contributed by atoms with Crippen LogP contribution < -0.4 is 8.85 Å². The van der Waals surface area contributed by atoms with Gasteiger partial charge in [0.1, 0.15) is 0 Å². The van der Waals surface area contributed by atoms with Gasteiger partial charge in [0.15, 0.2) is 0 Å². The Morgan fingerprint density at radius 2 is 2.43 bits per heavy atom. The number of rotatable bonds is 0. The molecule has 1 heterocycles. The monoisotopic (exact) mass is 152 g/mol. The lowest BCUT2D eigenvalue weighted by atomic mass is 11.1. The lowest BCUT2D eigenvalue weighted by Crippen LogP contribution is -1.95. The van der Waals surface area contributed by atoms with Crippen molar-refractivity contribution in [1.82, 2.24) is 8.85 Å². The molecular weight excluding hydrogens is 148 g/mol. The maximum absolute atomic E-state index is 2.97. The van der Waals surface area contributed by atoms with Crippen molar-refractivity contribution in [1.29, 1.82) is 0 Å². The summed E-state index contributed by atoms with van der Waals surface area (Å²) in [6, 6.07) is 0. The van der Waals surface area contributed by atoms with Crippen LogP contribution in [0.4, 0.5) is 0 Å². The lowest BCUT2D eigenvalue weighted by Gasteiger charge is -1.90. The van der Waals surface area contributed by atoms with Crippen LogP contribution in [-0.2, 0) is 0 Å². The first-order valence-corrected chi connectivity index (χ1v) is 4.67. The highest BCUT2D eigenvalue weighted by molar-refractivity contribution is 8.78. The molecule has 0 aromatic carbocycles. The second-order valence-corrected chi connectivity index (χ2v) is 3.60. The summed E-state index contributed by atoms with van der Waals surface area (Å²) >= 11 is 1.47. The first-order chi connectivity index (χ1) is 3.50. The minimum atomic E-state index is 1.47. The van der Waals surface area contributed by atoms with Crippen molar-refractivity contribution in [2.24, 2.45) is 0 Å². The van der Waals surface area contributed by atoms with Crippen LogP contribution in [0, 0.1) is 0 Å². The van der Waals surface area contributed by atoms with Crippen LogP contribution in [0.15, 0.2) is 11.6 Å². The van der Waals surface area contributed by atoms with Gasteiger partial charge in [-0.25, -0.2) is 0 Å². The summed E-state index contributed by atoms with van der Waals surface area (Å²) in [7, 11) is 3.25. The quantitative estimate of drug-likeness (QED) is 0.405. The number of hydrogen-bond acceptors (Lipinski definition) is 5. The minimum Gasteiger partial charge on any atom is -0.322 e. The van der Waals surface area contributed by atoms with Gasteiger partial charge in [-0.05, 0) is 16.2 Å². The molecule has 0 bridgehead atoms. The van der Waals surface area contributed by atoms with Crippen molar-refractivity contribution < 1.29 is 0 Å². The zero-order chi connectivity index (χ0) is 4.95. The SMILES string of the molecule is C1=CSSNSN1. The number of nitrogens with one attached hydrogen (secondary N) is 2. The third-order valence-corrected chi connectivity index (χ3v) is 2.81. The molecule has 0 amide bonds. The van der Waals surface area contributed by atoms with E-state index in [0.717, 1.165) is 0 Å². The Balaban J connectivity index is 2.20. The smallest absolute Gasteiger partial charge is 0.0453 e. The Kier molecular flexibility index (Phi) is 2.87. The van der Waals surface area contributed by atoms with E-state index in [0.29, 0.717) is 0 Å². The third-order valence-electron chi connectivity index (χ3n) is 0.374. The zero-order valence-corrected chi connectivity index (χ0v) is 5.83. The van der Waals surface area contributed by atoms with Crippen LogP contribution in [0.25, 0.3) is 0 Å². The maximum Gasteiger partial charge on any atom is 0.0453 e. The molecule has 5 heteroatoms. The van der Waals surface area contributed by atoms with Crippen LogP contribution in [0.3, 0.4) is 0 Å². The Labute approximate surface area is 54.7 Å². The number of hydrogen-bond donors (Lipinski definition) is 2. The predicted molar refractivity (Wildman–Crippen MR) is 38.2 cm³/mol. The van der Waals surface area contributed by atoms with Crippen LogP contribution >= 0.6 is 33.9 Å². The Bertz CT molecular complexity index is 65.3. The van der Waals surface area contributed by atoms with Crippen molar-refractivity contribution in [3.05, 3.63) is 11.6 Å². The highest BCUT2D eigenvalue weighted by Gasteiger charge is 1.87. The first kappa shape index (κ1) is 5.68. The molecule has 0 saturated heterocycles. The van der Waals surface area contributed by atoms with E-state index >= 15 is 0 Å². The van der Waals surface area contributed by atoms with E-state index in [1.54, 1.807) is 21.8 Å². The molecule has 0 aromatic heterocycles. The third kappa shape index (κ3) is 2.38. The molecule has 7 heavy (non-hydrogen) atoms. The van der Waals surface area contributed by atoms with Gasteiger partial charge >= 0.3 is 0 Å². The van der Waals surface area contributed by atoms with Gasteiger partial charge in [-0.3, -0.25) is 0 Å². The van der Waals surface area contributed by atoms with Crippen molar-refractivity contribution >= 4 is 33.9 Å². The fourth-order valence-electron chi connectivity index (χ4n) is 0.178. The molecule has 1 aliphatic rings. The largest absolute Gasteiger partial charge is 0.322 e. The van der Waals surface area contributed by atoms with Crippen molar-refractivity contribution in [3.63, 3.8) is 0 Å². The molecule has 0 aliphatic carbocycles. The molecule has 0 spiro atoms. The second kappa shape index (κ2) is 3.54. The standard InChI is InChI=1S/C2H4N2S3/c1-2-5-7-4-6-3-1/h1-4H. The summed E-state index contributed by atoms with van der Waals surface area (Å²) in [6.07, 6.45) is 1.89. The fraction of sp³-hybridized carbons (Fsp3) is 0. The molecule has 2 N–H and O–H groups in total. The minimum absolute atomic E-state index is 1.47. The molecule has 0 fully saturated rings. The molecule has 2 nitrogen and oxygen atoms in total. The summed E-state index contributed by atoms with van der Waals surface area (Å²) in [5.41, 5.74) is 0. The highest BCUT2D eigenvalue weighted by Crippen LogP contribution is 2.22. The van der Waals surface area contributed by atoms with Crippen molar-refractivity contribution in [3.8, 4) is 0 Å². The molecule has 0 radical (unpaired) electrons. The van der Waals surface area contributed by atoms with Gasteiger partial charge in [0.2, 0.25) is 0 Å². The topological polar surface area (TPSA) is 24.1 Å². The van der Waals surface area contributed by atoms with Crippen LogP contribution in [0.5, 0.6) is 0 Å². The average molecular weight is 152 g/mol. The molecule has 0 unspecified atom stereocenters. The molecule has 0 saturated carbocycles. The van der Waals surface area contributed by atoms with Gasteiger partial charge in [0, 0.05) is 29.3 Å². The molecule has 1 rings (SSSR count). The van der Waals surface area contributed by atoms with Crippen LogP contribution in [0.1, 0.15) is 0 Å². The summed E-state index contributed by atoms with van der Waals surface area (Å²) in [4.78, 5) is 0.